The van der Waals surface area contributed by atoms with E-state index in [0.717, 1.165) is 12.1 Å². The molecule has 0 aromatic heterocycles. The van der Waals surface area contributed by atoms with Gasteiger partial charge in [0.25, 0.3) is 40.5 Å². The predicted molar refractivity (Wildman–Crippen MR) is 246 cm³/mol. The monoisotopic (exact) mass is 1060 g/mol. The van der Waals surface area contributed by atoms with Crippen LogP contribution in [0.3, 0.4) is 0 Å². The summed E-state index contributed by atoms with van der Waals surface area (Å²) < 4.78 is 205. The molecule has 69 heavy (non-hydrogen) atoms. The fourth-order valence-electron chi connectivity index (χ4n) is 9.38. The predicted octanol–water partition coefficient (Wildman–Crippen LogP) is 4.98. The number of thioether (sulfide) groups is 1. The molecule has 0 bridgehead atoms. The third-order valence-electron chi connectivity index (χ3n) is 12.5. The molecule has 0 atom stereocenters. The number of anilines is 1. The first kappa shape index (κ1) is 52.1. The molecule has 5 N–H and O–H groups in total. The van der Waals surface area contributed by atoms with E-state index >= 15 is 17.6 Å². The lowest BCUT2D eigenvalue weighted by molar-refractivity contribution is -0.137. The molecule has 7 rings (SSSR count). The lowest BCUT2D eigenvalue weighted by Crippen LogP contribution is -2.46. The van der Waals surface area contributed by atoms with Crippen molar-refractivity contribution in [1.29, 1.82) is 0 Å². The van der Waals surface area contributed by atoms with Gasteiger partial charge < -0.3 is 10.0 Å². The molecule has 16 nitrogen and oxygen atoms in total. The van der Waals surface area contributed by atoms with Crippen LogP contribution in [0.1, 0.15) is 85.9 Å². The first-order chi connectivity index (χ1) is 31.7. The molecule has 25 heteroatoms. The van der Waals surface area contributed by atoms with Gasteiger partial charge in [0.2, 0.25) is 5.36 Å². The van der Waals surface area contributed by atoms with Gasteiger partial charge in [0.05, 0.1) is 33.1 Å². The fraction of sp³-hybridized carbons (Fsp3) is 0.364. The molecule has 3 aliphatic rings. The summed E-state index contributed by atoms with van der Waals surface area (Å²) in [5.74, 6) is -11.3. The molecule has 0 fully saturated rings. The first-order valence-electron chi connectivity index (χ1n) is 20.9. The molecule has 0 saturated heterocycles. The number of aryl methyl sites for hydroxylation is 1. The molecule has 0 spiro atoms. The Morgan fingerprint density at radius 3 is 2.03 bits per heavy atom. The molecule has 0 radical (unpaired) electrons. The van der Waals surface area contributed by atoms with Crippen LogP contribution < -0.4 is 20.1 Å². The first-order valence-corrected chi connectivity index (χ1v) is 28.0. The number of nitrogens with zero attached hydrogens (tertiary/aromatic N) is 2. The molecule has 0 unspecified atom stereocenters. The van der Waals surface area contributed by atoms with Gasteiger partial charge in [0.1, 0.15) is 23.7 Å². The van der Waals surface area contributed by atoms with Crippen LogP contribution in [0, 0.1) is 23.3 Å². The lowest BCUT2D eigenvalue weighted by atomic mass is 9.67. The Morgan fingerprint density at radius 1 is 0.797 bits per heavy atom. The van der Waals surface area contributed by atoms with Crippen molar-refractivity contribution < 1.29 is 79.3 Å². The van der Waals surface area contributed by atoms with E-state index in [1.807, 2.05) is 4.58 Å². The van der Waals surface area contributed by atoms with E-state index in [2.05, 4.69) is 0 Å². The van der Waals surface area contributed by atoms with Crippen molar-refractivity contribution in [2.75, 3.05) is 35.2 Å². The van der Waals surface area contributed by atoms with Crippen LogP contribution in [0.5, 0.6) is 0 Å². The molecular formula is C44H45F4N2O14S5+. The summed E-state index contributed by atoms with van der Waals surface area (Å²) in [5, 5.41) is 10.1. The third-order valence-corrected chi connectivity index (χ3v) is 17.0. The second-order valence-electron chi connectivity index (χ2n) is 18.0. The highest BCUT2D eigenvalue weighted by Gasteiger charge is 2.42. The number of halogens is 4. The number of carboxylic acid groups (broad SMARTS) is 1. The minimum Gasteiger partial charge on any atom is -0.481 e. The maximum atomic E-state index is 16.9. The topological polar surface area (TPSA) is 261 Å². The summed E-state index contributed by atoms with van der Waals surface area (Å²) in [7, 11) is -19.7. The van der Waals surface area contributed by atoms with Gasteiger partial charge in [-0.05, 0) is 83.6 Å². The molecule has 4 aromatic carbocycles. The Hall–Kier alpha value is -4.73. The van der Waals surface area contributed by atoms with E-state index in [9.17, 15) is 61.8 Å². The number of carbonyl (C=O) groups is 1. The average Bonchev–Trinajstić information content (AvgIpc) is 3.21. The normalized spacial score (nSPS) is 16.6. The summed E-state index contributed by atoms with van der Waals surface area (Å²) in [4.78, 5) is 9.98. The van der Waals surface area contributed by atoms with Gasteiger partial charge >= 0.3 is 5.97 Å². The molecule has 0 amide bonds. The largest absolute Gasteiger partial charge is 0.481 e. The molecule has 1 aliphatic carbocycles. The minimum atomic E-state index is -5.21. The van der Waals surface area contributed by atoms with E-state index < -0.39 is 130 Å². The van der Waals surface area contributed by atoms with E-state index in [0.29, 0.717) is 48.5 Å². The zero-order valence-electron chi connectivity index (χ0n) is 37.0. The fourth-order valence-corrected chi connectivity index (χ4v) is 13.1. The van der Waals surface area contributed by atoms with Crippen LogP contribution >= 0.6 is 11.8 Å². The Balaban J connectivity index is 1.59. The van der Waals surface area contributed by atoms with E-state index in [4.69, 9.17) is 0 Å². The van der Waals surface area contributed by atoms with E-state index in [-0.39, 0.29) is 63.3 Å². The molecule has 372 valence electrons. The third kappa shape index (κ3) is 10.4. The van der Waals surface area contributed by atoms with Gasteiger partial charge in [-0.2, -0.15) is 33.7 Å². The van der Waals surface area contributed by atoms with Gasteiger partial charge in [-0.1, -0.05) is 26.0 Å². The summed E-state index contributed by atoms with van der Waals surface area (Å²) in [6.45, 7) is 6.95. The van der Waals surface area contributed by atoms with Gasteiger partial charge in [-0.15, -0.1) is 11.8 Å². The van der Waals surface area contributed by atoms with Crippen LogP contribution in [0.4, 0.5) is 23.2 Å². The van der Waals surface area contributed by atoms with Crippen LogP contribution in [-0.2, 0) is 63.6 Å². The van der Waals surface area contributed by atoms with Crippen LogP contribution in [0.15, 0.2) is 63.2 Å². The minimum absolute atomic E-state index is 0.0351. The SMILES string of the molecule is CC1(C)c2cc3c(cc2C(c2c(F)c(F)c(SCCS(=O)(=O)O)c(F)c2F)=c2cc4c(cc21)=[N+](CCCC(=O)O)CCC4)C(CS(=O)(=O)O)=CC(C)(C)N3Cc1ccc(S(=O)(=O)O)cc1S(=O)(=O)O. The maximum Gasteiger partial charge on any atom is 0.303 e. The van der Waals surface area contributed by atoms with Crippen molar-refractivity contribution in [3.8, 4) is 0 Å². The Labute approximate surface area is 399 Å². The Kier molecular flexibility index (Phi) is 13.7. The summed E-state index contributed by atoms with van der Waals surface area (Å²) >= 11 is 0.102. The number of hydrogen-bond donors (Lipinski definition) is 5. The highest BCUT2D eigenvalue weighted by Crippen LogP contribution is 2.49. The van der Waals surface area contributed by atoms with Crippen molar-refractivity contribution in [2.45, 2.75) is 85.6 Å². The highest BCUT2D eigenvalue weighted by molar-refractivity contribution is 8.00. The summed E-state index contributed by atoms with van der Waals surface area (Å²) in [5.41, 5.74) is -3.25. The highest BCUT2D eigenvalue weighted by atomic mass is 32.2. The standard InChI is InChI=1S/C44H44F4N2O14S5/c1-43(2)20-25(22-67(56,57)58)27-17-29-31(19-33(27)50(43)21-24-9-10-26(68(59,60)61)16-34(24)69(62,63)64)44(3,4)30-18-32-23(7-5-11-49(32)12-6-8-35(51)52)15-28(30)36(29)37-38(45)40(47)42(41(48)39(37)46)65-13-14-66(53,54)55/h9-10,15-20H,5-8,11-14,21-22H2,1-4H3,(H4-,51,52,53,54,55,56,57,58,59,60,61,62,63,64)/p+1. The number of rotatable bonds is 15. The quantitative estimate of drug-likeness (QED) is 0.0346. The Bertz CT molecular complexity index is 3500. The number of benzene rings is 4. The van der Waals surface area contributed by atoms with Crippen LogP contribution in [-0.4, -0.2) is 98.8 Å². The number of carboxylic acids is 1. The summed E-state index contributed by atoms with van der Waals surface area (Å²) in [6, 6.07) is 8.63. The van der Waals surface area contributed by atoms with Gasteiger partial charge in [-0.3, -0.25) is 23.0 Å². The van der Waals surface area contributed by atoms with E-state index in [1.165, 1.54) is 23.1 Å². The van der Waals surface area contributed by atoms with Crippen LogP contribution in [0.25, 0.3) is 11.1 Å². The van der Waals surface area contributed by atoms with E-state index in [1.54, 1.807) is 39.8 Å². The smallest absolute Gasteiger partial charge is 0.303 e. The molecule has 4 aromatic rings. The zero-order valence-corrected chi connectivity index (χ0v) is 41.1. The molecular weight excluding hydrogens is 1020 g/mol. The summed E-state index contributed by atoms with van der Waals surface area (Å²) in [6.07, 6.45) is 2.49. The van der Waals surface area contributed by atoms with Crippen molar-refractivity contribution in [3.63, 3.8) is 0 Å². The molecule has 0 saturated carbocycles. The average molecular weight is 1060 g/mol. The number of hydrogen-bond acceptors (Lipinski definition) is 11. The second-order valence-corrected chi connectivity index (χ2v) is 24.9. The van der Waals surface area contributed by atoms with Crippen molar-refractivity contribution in [3.05, 3.63) is 121 Å². The maximum absolute atomic E-state index is 16.9. The second kappa shape index (κ2) is 18.1. The zero-order chi connectivity index (χ0) is 51.1. The van der Waals surface area contributed by atoms with Crippen molar-refractivity contribution in [2.24, 2.45) is 0 Å². The van der Waals surface area contributed by atoms with Gasteiger partial charge in [0.15, 0.2) is 23.3 Å². The lowest BCUT2D eigenvalue weighted by Gasteiger charge is -2.45. The van der Waals surface area contributed by atoms with Crippen molar-refractivity contribution >= 4 is 75.0 Å². The number of fused-ring (bicyclic) bond motifs is 4. The van der Waals surface area contributed by atoms with Crippen LogP contribution in [0.2, 0.25) is 0 Å². The molecule has 2 heterocycles. The van der Waals surface area contributed by atoms with Gasteiger partial charge in [0, 0.05) is 59.0 Å². The molecule has 2 aliphatic heterocycles. The van der Waals surface area contributed by atoms with Gasteiger partial charge in [-0.25, -0.2) is 22.1 Å². The Morgan fingerprint density at radius 2 is 1.45 bits per heavy atom. The number of aliphatic carboxylic acids is 1. The van der Waals surface area contributed by atoms with Crippen molar-refractivity contribution in [1.82, 2.24) is 4.58 Å².